The molecule has 0 saturated heterocycles. The highest BCUT2D eigenvalue weighted by molar-refractivity contribution is 6.29. The van der Waals surface area contributed by atoms with E-state index in [1.165, 1.54) is 64.6 Å². The monoisotopic (exact) mass is 1740 g/mol. The van der Waals surface area contributed by atoms with Crippen molar-refractivity contribution in [3.63, 3.8) is 0 Å². The van der Waals surface area contributed by atoms with Crippen LogP contribution in [-0.2, 0) is 5.41 Å². The van der Waals surface area contributed by atoms with E-state index in [1.54, 1.807) is 0 Å². The summed E-state index contributed by atoms with van der Waals surface area (Å²) in [6.07, 6.45) is 0. The molecule has 28 aromatic rings. The maximum Gasteiger partial charge on any atom is 0.143 e. The molecule has 0 radical (unpaired) electrons. The van der Waals surface area contributed by atoms with Crippen LogP contribution in [0.1, 0.15) is 51.9 Å². The van der Waals surface area contributed by atoms with Crippen molar-refractivity contribution in [2.24, 2.45) is 0 Å². The Bertz CT molecular complexity index is 9870. The van der Waals surface area contributed by atoms with Gasteiger partial charge < -0.3 is 13.3 Å². The second kappa shape index (κ2) is 31.7. The van der Waals surface area contributed by atoms with E-state index < -0.39 is 0 Å². The van der Waals surface area contributed by atoms with Crippen molar-refractivity contribution in [1.29, 1.82) is 0 Å². The highest BCUT2D eigenvalue weighted by Gasteiger charge is 2.29. The molecule has 0 unspecified atom stereocenters. The molecule has 28 rings (SSSR count). The third-order valence-electron chi connectivity index (χ3n) is 27.4. The van der Waals surface area contributed by atoms with Gasteiger partial charge in [-0.05, 0) is 142 Å². The van der Waals surface area contributed by atoms with Gasteiger partial charge in [-0.25, -0.2) is 29.9 Å². The number of rotatable bonds is 8. The highest BCUT2D eigenvalue weighted by atomic mass is 16.3. The predicted molar refractivity (Wildman–Crippen MR) is 569 cm³/mol. The van der Waals surface area contributed by atoms with Crippen LogP contribution >= 0.6 is 0 Å². The van der Waals surface area contributed by atoms with Crippen molar-refractivity contribution < 1.29 is 13.3 Å². The van der Waals surface area contributed by atoms with Crippen LogP contribution in [0.2, 0.25) is 0 Å². The molecule has 0 spiro atoms. The summed E-state index contributed by atoms with van der Waals surface area (Å²) in [5, 5.41) is 27.9. The molecule has 136 heavy (non-hydrogen) atoms. The second-order valence-electron chi connectivity index (χ2n) is 37.0. The van der Waals surface area contributed by atoms with Gasteiger partial charge in [0.05, 0.1) is 67.3 Å². The molecule has 0 bridgehead atoms. The van der Waals surface area contributed by atoms with Crippen molar-refractivity contribution >= 4 is 196 Å². The largest absolute Gasteiger partial charge is 0.455 e. The quantitative estimate of drug-likeness (QED) is 0.137. The average molecular weight is 1740 g/mol. The third-order valence-corrected chi connectivity index (χ3v) is 27.4. The summed E-state index contributed by atoms with van der Waals surface area (Å²) in [7, 11) is 0. The van der Waals surface area contributed by atoms with Gasteiger partial charge in [0, 0.05) is 109 Å². The van der Waals surface area contributed by atoms with E-state index >= 15 is 0 Å². The Morgan fingerprint density at radius 1 is 0.199 bits per heavy atom. The van der Waals surface area contributed by atoms with E-state index in [-0.39, 0.29) is 11.3 Å². The SMILES string of the molecule is CC(C)(C)c1nc2c3ccccc3c3ccccc3c2nc1-c1cccc(-c2cc3ccccc3c3c2oc2ccccc23)c1.CC(C)c1nc2c3ccccc3c3ccccc3c2nc1-c1cccc(-c2cc3ccccc3c3c2oc2ccccc23)c1.c1ccc(-c2nc3c4ccccc4c4ccccc4c3nc2-c2cccc(-c3cc4ccccc4c4c3oc3ccccc34)c2)cc1. The number of hydrogen-bond donors (Lipinski definition) is 0. The zero-order valence-corrected chi connectivity index (χ0v) is 75.2. The molecule has 0 aliphatic rings. The first-order valence-corrected chi connectivity index (χ1v) is 46.6. The fourth-order valence-corrected chi connectivity index (χ4v) is 21.2. The molecule has 22 aromatic carbocycles. The lowest BCUT2D eigenvalue weighted by atomic mass is 9.87. The lowest BCUT2D eigenvalue weighted by molar-refractivity contribution is 0.571. The smallest absolute Gasteiger partial charge is 0.143 e. The zero-order chi connectivity index (χ0) is 90.5. The summed E-state index contributed by atoms with van der Waals surface area (Å²) in [4.78, 5) is 32.7. The first-order valence-electron chi connectivity index (χ1n) is 46.6. The fourth-order valence-electron chi connectivity index (χ4n) is 21.2. The minimum absolute atomic E-state index is 0.193. The Morgan fingerprint density at radius 2 is 0.441 bits per heavy atom. The molecule has 9 nitrogen and oxygen atoms in total. The van der Waals surface area contributed by atoms with Gasteiger partial charge in [0.25, 0.3) is 0 Å². The number of hydrogen-bond acceptors (Lipinski definition) is 9. The van der Waals surface area contributed by atoms with Crippen LogP contribution in [0.25, 0.3) is 274 Å². The van der Waals surface area contributed by atoms with Gasteiger partial charge in [-0.15, -0.1) is 0 Å². The van der Waals surface area contributed by atoms with Gasteiger partial charge in [-0.3, -0.25) is 0 Å². The number of nitrogens with zero attached hydrogens (tertiary/aromatic N) is 6. The Hall–Kier alpha value is -17.4. The minimum Gasteiger partial charge on any atom is -0.455 e. The van der Waals surface area contributed by atoms with E-state index in [0.29, 0.717) is 0 Å². The van der Waals surface area contributed by atoms with E-state index in [0.717, 1.165) is 221 Å². The Morgan fingerprint density at radius 3 is 0.779 bits per heavy atom. The molecule has 9 heteroatoms. The van der Waals surface area contributed by atoms with Crippen LogP contribution in [0.3, 0.4) is 0 Å². The minimum atomic E-state index is -0.228. The van der Waals surface area contributed by atoms with Crippen molar-refractivity contribution in [3.05, 3.63) is 424 Å². The van der Waals surface area contributed by atoms with E-state index in [4.69, 9.17) is 43.2 Å². The fraction of sp³-hybridized carbons (Fsp3) is 0.0551. The van der Waals surface area contributed by atoms with Crippen molar-refractivity contribution in [2.75, 3.05) is 0 Å². The Kier molecular flexibility index (Phi) is 18.5. The van der Waals surface area contributed by atoms with E-state index in [9.17, 15) is 0 Å². The molecule has 0 atom stereocenters. The summed E-state index contributed by atoms with van der Waals surface area (Å²) >= 11 is 0. The highest BCUT2D eigenvalue weighted by Crippen LogP contribution is 2.50. The van der Waals surface area contributed by atoms with Crippen LogP contribution < -0.4 is 0 Å². The Labute approximate surface area is 781 Å². The molecule has 640 valence electrons. The van der Waals surface area contributed by atoms with Crippen molar-refractivity contribution in [2.45, 2.75) is 46.0 Å². The van der Waals surface area contributed by atoms with Gasteiger partial charge in [-0.2, -0.15) is 0 Å². The molecular formula is C127H84N6O3. The van der Waals surface area contributed by atoms with Gasteiger partial charge in [0.1, 0.15) is 33.5 Å². The summed E-state index contributed by atoms with van der Waals surface area (Å²) in [5.41, 5.74) is 26.9. The number of benzene rings is 22. The van der Waals surface area contributed by atoms with Crippen LogP contribution in [0, 0.1) is 0 Å². The molecule has 0 saturated carbocycles. The summed E-state index contributed by atoms with van der Waals surface area (Å²) in [6, 6.07) is 145. The van der Waals surface area contributed by atoms with Crippen LogP contribution in [0.5, 0.6) is 0 Å². The van der Waals surface area contributed by atoms with Gasteiger partial charge in [0.2, 0.25) is 0 Å². The maximum absolute atomic E-state index is 6.60. The van der Waals surface area contributed by atoms with E-state index in [2.05, 4.69) is 423 Å². The lowest BCUT2D eigenvalue weighted by Gasteiger charge is -2.23. The van der Waals surface area contributed by atoms with Gasteiger partial charge in [0.15, 0.2) is 0 Å². The van der Waals surface area contributed by atoms with Gasteiger partial charge >= 0.3 is 0 Å². The number of para-hydroxylation sites is 3. The maximum atomic E-state index is 6.60. The molecule has 0 aliphatic heterocycles. The molecule has 6 heterocycles. The van der Waals surface area contributed by atoms with Crippen LogP contribution in [0.15, 0.2) is 426 Å². The lowest BCUT2D eigenvalue weighted by Crippen LogP contribution is -2.16. The topological polar surface area (TPSA) is 117 Å². The predicted octanol–water partition coefficient (Wildman–Crippen LogP) is 35.1. The molecular weight excluding hydrogens is 1660 g/mol. The molecule has 0 N–H and O–H groups in total. The summed E-state index contributed by atoms with van der Waals surface area (Å²) in [5.74, 6) is 0.193. The van der Waals surface area contributed by atoms with Gasteiger partial charge in [-0.1, -0.05) is 393 Å². The summed E-state index contributed by atoms with van der Waals surface area (Å²) in [6.45, 7) is 11.1. The standard InChI is InChI=1S/C44H26N2O.C42H30N2O.C41H28N2O/c1-2-13-27(14-3-1)40-41(46-43-35-22-9-7-20-33(35)32-19-6-8-21-34(32)42(43)45-40)30-17-12-16-28(25-30)37-26-29-15-4-5-18-31(29)39-36-23-10-11-24-38(36)47-44(37)39;1-42(2,3)41-37(43-38-31-19-8-6-17-29(31)30-18-7-9-20-32(30)39(38)44-41)27-15-12-14-25(23-27)34-24-26-13-4-5-16-28(26)36-33-21-10-11-22-35(33)45-40(34)36;1-24(2)37-38(43-40-32-19-8-6-17-30(32)29-16-5-7-18-31(29)39(40)42-37)27-14-11-13-25(22-27)34-23-26-12-3-4-15-28(26)36-33-20-9-10-21-35(33)44-41(34)36/h1-26H;4-24H,1-3H3;3-24H,1-2H3. The second-order valence-corrected chi connectivity index (χ2v) is 37.0. The third kappa shape index (κ3) is 13.0. The first-order chi connectivity index (χ1) is 66.9. The average Bonchev–Trinajstić information content (AvgIpc) is 1.34. The first kappa shape index (κ1) is 79.5. The Balaban J connectivity index is 0.000000106. The zero-order valence-electron chi connectivity index (χ0n) is 75.2. The molecule has 0 amide bonds. The molecule has 0 aliphatic carbocycles. The molecule has 6 aromatic heterocycles. The molecule has 0 fully saturated rings. The summed E-state index contributed by atoms with van der Waals surface area (Å²) < 4.78 is 19.8. The van der Waals surface area contributed by atoms with Crippen molar-refractivity contribution in [3.8, 4) is 78.4 Å². The van der Waals surface area contributed by atoms with E-state index in [1.807, 2.05) is 24.3 Å². The number of aromatic nitrogens is 6. The number of fused-ring (bicyclic) bond motifs is 33. The van der Waals surface area contributed by atoms with Crippen LogP contribution in [-0.4, -0.2) is 29.9 Å². The number of furan rings is 3. The normalized spacial score (nSPS) is 12.1. The van der Waals surface area contributed by atoms with Crippen molar-refractivity contribution in [1.82, 2.24) is 29.9 Å². The van der Waals surface area contributed by atoms with Crippen LogP contribution in [0.4, 0.5) is 0 Å².